The second kappa shape index (κ2) is 5.32. The predicted molar refractivity (Wildman–Crippen MR) is 57.8 cm³/mol. The average Bonchev–Trinajstić information content (AvgIpc) is 2.15. The molecule has 1 heterocycles. The third-order valence-electron chi connectivity index (χ3n) is 1.69. The van der Waals surface area contributed by atoms with Crippen molar-refractivity contribution in [2.24, 2.45) is 0 Å². The summed E-state index contributed by atoms with van der Waals surface area (Å²) in [7, 11) is -3.95. The van der Waals surface area contributed by atoms with Crippen LogP contribution in [-0.2, 0) is 10.0 Å². The Labute approximate surface area is 104 Å². The zero-order valence-electron chi connectivity index (χ0n) is 8.33. The molecule has 0 spiro atoms. The van der Waals surface area contributed by atoms with Crippen LogP contribution in [0, 0.1) is 0 Å². The minimum atomic E-state index is -4.39. The summed E-state index contributed by atoms with van der Waals surface area (Å²) in [6.45, 7) is -0.696. The molecule has 17 heavy (non-hydrogen) atoms. The van der Waals surface area contributed by atoms with E-state index in [4.69, 9.17) is 0 Å². The van der Waals surface area contributed by atoms with E-state index in [9.17, 15) is 21.6 Å². The van der Waals surface area contributed by atoms with Crippen molar-refractivity contribution in [2.45, 2.75) is 17.5 Å². The van der Waals surface area contributed by atoms with Gasteiger partial charge in [0.05, 0.1) is 6.42 Å². The van der Waals surface area contributed by atoms with Gasteiger partial charge in [-0.05, 0) is 22.0 Å². The lowest BCUT2D eigenvalue weighted by Gasteiger charge is -2.08. The summed E-state index contributed by atoms with van der Waals surface area (Å²) in [4.78, 5) is 3.43. The Hall–Kier alpha value is -0.670. The fourth-order valence-corrected chi connectivity index (χ4v) is 2.49. The first kappa shape index (κ1) is 14.4. The highest BCUT2D eigenvalue weighted by Crippen LogP contribution is 2.19. The van der Waals surface area contributed by atoms with E-state index in [1.54, 1.807) is 0 Å². The number of aromatic nitrogens is 1. The molecule has 0 atom stereocenters. The highest BCUT2D eigenvalue weighted by Gasteiger charge is 2.27. The molecule has 0 aliphatic carbocycles. The summed E-state index contributed by atoms with van der Waals surface area (Å²) in [6, 6.07) is 1.25. The lowest BCUT2D eigenvalue weighted by molar-refractivity contribution is -0.132. The lowest BCUT2D eigenvalue weighted by atomic mass is 10.4. The summed E-state index contributed by atoms with van der Waals surface area (Å²) in [5.41, 5.74) is 0. The fourth-order valence-electron chi connectivity index (χ4n) is 0.950. The normalized spacial score (nSPS) is 12.7. The molecule has 0 unspecified atom stereocenters. The highest BCUT2D eigenvalue weighted by atomic mass is 79.9. The van der Waals surface area contributed by atoms with Crippen molar-refractivity contribution >= 4 is 26.0 Å². The topological polar surface area (TPSA) is 59.1 Å². The van der Waals surface area contributed by atoms with Crippen LogP contribution in [0.2, 0.25) is 0 Å². The van der Waals surface area contributed by atoms with Gasteiger partial charge in [0.25, 0.3) is 0 Å². The van der Waals surface area contributed by atoms with Crippen molar-refractivity contribution in [3.8, 4) is 0 Å². The molecule has 1 aromatic rings. The van der Waals surface area contributed by atoms with Crippen molar-refractivity contribution in [3.05, 3.63) is 22.9 Å². The van der Waals surface area contributed by atoms with Crippen LogP contribution in [0.5, 0.6) is 0 Å². The maximum absolute atomic E-state index is 11.8. The molecule has 9 heteroatoms. The van der Waals surface area contributed by atoms with Gasteiger partial charge >= 0.3 is 6.18 Å². The van der Waals surface area contributed by atoms with E-state index in [-0.39, 0.29) is 4.90 Å². The Bertz CT molecular complexity index is 490. The van der Waals surface area contributed by atoms with Crippen molar-refractivity contribution in [3.63, 3.8) is 0 Å². The van der Waals surface area contributed by atoms with Gasteiger partial charge < -0.3 is 0 Å². The number of nitrogens with one attached hydrogen (secondary N) is 1. The third kappa shape index (κ3) is 5.00. The van der Waals surface area contributed by atoms with Gasteiger partial charge in [-0.3, -0.25) is 4.98 Å². The van der Waals surface area contributed by atoms with Crippen molar-refractivity contribution < 1.29 is 21.6 Å². The molecular formula is C8H8BrF3N2O2S. The maximum Gasteiger partial charge on any atom is 0.390 e. The van der Waals surface area contributed by atoms with Crippen LogP contribution < -0.4 is 4.72 Å². The molecule has 1 N–H and O–H groups in total. The monoisotopic (exact) mass is 332 g/mol. The lowest BCUT2D eigenvalue weighted by Crippen LogP contribution is -2.28. The van der Waals surface area contributed by atoms with Gasteiger partial charge in [0.2, 0.25) is 10.0 Å². The molecule has 0 aliphatic heterocycles. The van der Waals surface area contributed by atoms with Crippen LogP contribution in [-0.4, -0.2) is 26.1 Å². The number of rotatable bonds is 4. The average molecular weight is 333 g/mol. The first-order chi connectivity index (χ1) is 7.71. The molecular weight excluding hydrogens is 325 g/mol. The van der Waals surface area contributed by atoms with Gasteiger partial charge in [-0.1, -0.05) is 0 Å². The molecule has 1 aromatic heterocycles. The zero-order chi connectivity index (χ0) is 13.1. The molecule has 0 bridgehead atoms. The van der Waals surface area contributed by atoms with Gasteiger partial charge in [-0.15, -0.1) is 0 Å². The Balaban J connectivity index is 2.70. The predicted octanol–water partition coefficient (Wildman–Crippen LogP) is 2.07. The second-order valence-corrected chi connectivity index (χ2v) is 5.78. The van der Waals surface area contributed by atoms with Gasteiger partial charge in [0.15, 0.2) is 0 Å². The molecule has 0 radical (unpaired) electrons. The number of nitrogens with zero attached hydrogens (tertiary/aromatic N) is 1. The Morgan fingerprint density at radius 1 is 1.35 bits per heavy atom. The largest absolute Gasteiger partial charge is 0.390 e. The van der Waals surface area contributed by atoms with Crippen LogP contribution in [0.1, 0.15) is 6.42 Å². The standard InChI is InChI=1S/C8H8BrF3N2O2S/c9-6-3-7(5-13-4-6)17(15,16)14-2-1-8(10,11)12/h3-5,14H,1-2H2. The van der Waals surface area contributed by atoms with Crippen molar-refractivity contribution in [1.82, 2.24) is 9.71 Å². The van der Waals surface area contributed by atoms with Gasteiger partial charge in [0.1, 0.15) is 4.90 Å². The first-order valence-corrected chi connectivity index (χ1v) is 6.65. The second-order valence-electron chi connectivity index (χ2n) is 3.10. The van der Waals surface area contributed by atoms with Crippen molar-refractivity contribution in [2.75, 3.05) is 6.54 Å². The van der Waals surface area contributed by atoms with Crippen LogP contribution >= 0.6 is 15.9 Å². The fraction of sp³-hybridized carbons (Fsp3) is 0.375. The van der Waals surface area contributed by atoms with Crippen LogP contribution in [0.3, 0.4) is 0 Å². The zero-order valence-corrected chi connectivity index (χ0v) is 10.7. The Kier molecular flexibility index (Phi) is 4.50. The van der Waals surface area contributed by atoms with E-state index in [1.807, 2.05) is 4.72 Å². The summed E-state index contributed by atoms with van der Waals surface area (Å²) >= 11 is 3.02. The van der Waals surface area contributed by atoms with Gasteiger partial charge in [-0.25, -0.2) is 13.1 Å². The van der Waals surface area contributed by atoms with Crippen LogP contribution in [0.25, 0.3) is 0 Å². The molecule has 96 valence electrons. The SMILES string of the molecule is O=S(=O)(NCCC(F)(F)F)c1cncc(Br)c1. The molecule has 0 saturated carbocycles. The number of pyridine rings is 1. The molecule has 0 saturated heterocycles. The van der Waals surface area contributed by atoms with E-state index in [1.165, 1.54) is 12.3 Å². The first-order valence-electron chi connectivity index (χ1n) is 4.38. The van der Waals surface area contributed by atoms with E-state index < -0.39 is 29.2 Å². The number of hydrogen-bond donors (Lipinski definition) is 1. The third-order valence-corrected chi connectivity index (χ3v) is 3.55. The van der Waals surface area contributed by atoms with E-state index in [0.29, 0.717) is 4.47 Å². The maximum atomic E-state index is 11.8. The van der Waals surface area contributed by atoms with E-state index >= 15 is 0 Å². The van der Waals surface area contributed by atoms with E-state index in [0.717, 1.165) is 6.20 Å². The Morgan fingerprint density at radius 2 is 2.00 bits per heavy atom. The summed E-state index contributed by atoms with van der Waals surface area (Å²) < 4.78 is 60.9. The molecule has 0 aromatic carbocycles. The number of sulfonamides is 1. The number of halogens is 4. The minimum Gasteiger partial charge on any atom is -0.262 e. The quantitative estimate of drug-likeness (QED) is 0.918. The summed E-state index contributed by atoms with van der Waals surface area (Å²) in [5, 5.41) is 0. The minimum absolute atomic E-state index is 0.186. The smallest absolute Gasteiger partial charge is 0.262 e. The molecule has 1 rings (SSSR count). The molecule has 0 aliphatic rings. The number of alkyl halides is 3. The van der Waals surface area contributed by atoms with Crippen LogP contribution in [0.4, 0.5) is 13.2 Å². The van der Waals surface area contributed by atoms with E-state index in [2.05, 4.69) is 20.9 Å². The van der Waals surface area contributed by atoms with Gasteiger partial charge in [0, 0.05) is 23.4 Å². The highest BCUT2D eigenvalue weighted by molar-refractivity contribution is 9.10. The molecule has 4 nitrogen and oxygen atoms in total. The Morgan fingerprint density at radius 3 is 2.53 bits per heavy atom. The van der Waals surface area contributed by atoms with Crippen LogP contribution in [0.15, 0.2) is 27.8 Å². The molecule has 0 amide bonds. The number of hydrogen-bond acceptors (Lipinski definition) is 3. The summed E-state index contributed by atoms with van der Waals surface area (Å²) in [6.07, 6.45) is -3.18. The molecule has 0 fully saturated rings. The van der Waals surface area contributed by atoms with Crippen molar-refractivity contribution in [1.29, 1.82) is 0 Å². The van der Waals surface area contributed by atoms with Gasteiger partial charge in [-0.2, -0.15) is 13.2 Å². The summed E-state index contributed by atoms with van der Waals surface area (Å²) in [5.74, 6) is 0.